The molecule has 0 aromatic carbocycles. The highest BCUT2D eigenvalue weighted by atomic mass is 127. The molecule has 98 valence electrons. The Morgan fingerprint density at radius 1 is 1.42 bits per heavy atom. The van der Waals surface area contributed by atoms with Crippen molar-refractivity contribution in [1.29, 1.82) is 0 Å². The van der Waals surface area contributed by atoms with Gasteiger partial charge in [-0.25, -0.2) is 0 Å². The van der Waals surface area contributed by atoms with Crippen LogP contribution in [0.15, 0.2) is 28.3 Å². The lowest BCUT2D eigenvalue weighted by Crippen LogP contribution is -2.32. The lowest BCUT2D eigenvalue weighted by atomic mass is 10.2. The molecular formula is C12H12IN5S. The maximum absolute atomic E-state index is 4.28. The second kappa shape index (κ2) is 4.48. The zero-order chi connectivity index (χ0) is 12.8. The molecule has 1 unspecified atom stereocenters. The van der Waals surface area contributed by atoms with Crippen molar-refractivity contribution in [2.45, 2.75) is 25.0 Å². The van der Waals surface area contributed by atoms with Gasteiger partial charge >= 0.3 is 0 Å². The standard InChI is InChI=1S/C12H12IN5S/c13-9-6-14-10-5-7(3-4-18(9)10)11-16-17-12(19-11)15-8-1-2-8/h3-6,8,10,14H,1-2H2,(H,15,17). The van der Waals surface area contributed by atoms with Crippen LogP contribution in [0.3, 0.4) is 0 Å². The first-order chi connectivity index (χ1) is 9.29. The minimum absolute atomic E-state index is 0.204. The minimum Gasteiger partial charge on any atom is -0.366 e. The molecule has 0 radical (unpaired) electrons. The largest absolute Gasteiger partial charge is 0.366 e. The van der Waals surface area contributed by atoms with Crippen molar-refractivity contribution in [2.75, 3.05) is 5.32 Å². The summed E-state index contributed by atoms with van der Waals surface area (Å²) in [6, 6.07) is 0.620. The molecule has 1 aromatic heterocycles. The number of halogens is 1. The number of aromatic nitrogens is 2. The van der Waals surface area contributed by atoms with Crippen LogP contribution in [0.1, 0.15) is 17.8 Å². The van der Waals surface area contributed by atoms with E-state index in [0.717, 1.165) is 15.7 Å². The molecule has 1 aromatic rings. The maximum Gasteiger partial charge on any atom is 0.206 e. The van der Waals surface area contributed by atoms with Gasteiger partial charge in [0, 0.05) is 24.0 Å². The van der Waals surface area contributed by atoms with Crippen LogP contribution in [-0.4, -0.2) is 27.3 Å². The molecule has 0 amide bonds. The van der Waals surface area contributed by atoms with Gasteiger partial charge in [0.2, 0.25) is 5.13 Å². The van der Waals surface area contributed by atoms with Crippen LogP contribution < -0.4 is 10.6 Å². The van der Waals surface area contributed by atoms with Crippen molar-refractivity contribution in [2.24, 2.45) is 0 Å². The van der Waals surface area contributed by atoms with E-state index in [0.29, 0.717) is 6.04 Å². The second-order valence-corrected chi connectivity index (χ2v) is 6.84. The van der Waals surface area contributed by atoms with Gasteiger partial charge in [-0.05, 0) is 47.6 Å². The zero-order valence-corrected chi connectivity index (χ0v) is 13.0. The second-order valence-electron chi connectivity index (χ2n) is 4.75. The lowest BCUT2D eigenvalue weighted by Gasteiger charge is -2.24. The van der Waals surface area contributed by atoms with Crippen LogP contribution in [0.4, 0.5) is 5.13 Å². The number of rotatable bonds is 3. The number of fused-ring (bicyclic) bond motifs is 1. The molecule has 1 aliphatic carbocycles. The van der Waals surface area contributed by atoms with Gasteiger partial charge in [-0.15, -0.1) is 10.2 Å². The monoisotopic (exact) mass is 385 g/mol. The highest BCUT2D eigenvalue weighted by Crippen LogP contribution is 2.33. The van der Waals surface area contributed by atoms with Crippen LogP contribution in [-0.2, 0) is 0 Å². The van der Waals surface area contributed by atoms with Gasteiger partial charge in [-0.1, -0.05) is 11.3 Å². The molecule has 0 bridgehead atoms. The first-order valence-corrected chi connectivity index (χ1v) is 8.09. The Hall–Kier alpha value is -1.09. The highest BCUT2D eigenvalue weighted by Gasteiger charge is 2.25. The summed E-state index contributed by atoms with van der Waals surface area (Å²) >= 11 is 3.95. The van der Waals surface area contributed by atoms with Gasteiger partial charge in [-0.2, -0.15) is 0 Å². The van der Waals surface area contributed by atoms with Crippen molar-refractivity contribution in [3.8, 4) is 0 Å². The smallest absolute Gasteiger partial charge is 0.206 e. The molecular weight excluding hydrogens is 373 g/mol. The molecule has 3 aliphatic rings. The average Bonchev–Trinajstić information content (AvgIpc) is 2.97. The molecule has 1 atom stereocenters. The number of hydrogen-bond donors (Lipinski definition) is 2. The Balaban J connectivity index is 1.54. The summed E-state index contributed by atoms with van der Waals surface area (Å²) in [6.45, 7) is 0. The first-order valence-electron chi connectivity index (χ1n) is 6.20. The summed E-state index contributed by atoms with van der Waals surface area (Å²) in [5, 5.41) is 17.1. The van der Waals surface area contributed by atoms with Gasteiger partial charge in [0.15, 0.2) is 0 Å². The van der Waals surface area contributed by atoms with E-state index in [1.165, 1.54) is 16.5 Å². The average molecular weight is 385 g/mol. The summed E-state index contributed by atoms with van der Waals surface area (Å²) in [5.41, 5.74) is 1.13. The Labute approximate surface area is 128 Å². The SMILES string of the molecule is IC1=CNC2C=C(c3nnc(NC4CC4)s3)C=CN12. The van der Waals surface area contributed by atoms with E-state index in [4.69, 9.17) is 0 Å². The summed E-state index contributed by atoms with van der Waals surface area (Å²) in [6.07, 6.45) is 11.1. The summed E-state index contributed by atoms with van der Waals surface area (Å²) < 4.78 is 1.20. The van der Waals surface area contributed by atoms with E-state index in [-0.39, 0.29) is 6.17 Å². The minimum atomic E-state index is 0.204. The third-order valence-electron chi connectivity index (χ3n) is 3.25. The van der Waals surface area contributed by atoms with E-state index in [1.807, 2.05) is 6.20 Å². The molecule has 1 fully saturated rings. The van der Waals surface area contributed by atoms with E-state index in [9.17, 15) is 0 Å². The van der Waals surface area contributed by atoms with Crippen molar-refractivity contribution in [3.63, 3.8) is 0 Å². The fraction of sp³-hybridized carbons (Fsp3) is 0.333. The first kappa shape index (κ1) is 11.7. The molecule has 1 saturated carbocycles. The van der Waals surface area contributed by atoms with Crippen LogP contribution in [0.2, 0.25) is 0 Å². The van der Waals surface area contributed by atoms with Crippen LogP contribution in [0, 0.1) is 0 Å². The summed E-state index contributed by atoms with van der Waals surface area (Å²) in [5.74, 6) is 0. The predicted octanol–water partition coefficient (Wildman–Crippen LogP) is 2.49. The number of hydrogen-bond acceptors (Lipinski definition) is 6. The molecule has 4 rings (SSSR count). The topological polar surface area (TPSA) is 53.1 Å². The number of nitrogens with zero attached hydrogens (tertiary/aromatic N) is 3. The van der Waals surface area contributed by atoms with Gasteiger partial charge in [0.05, 0.1) is 3.70 Å². The van der Waals surface area contributed by atoms with Gasteiger partial charge in [0.25, 0.3) is 0 Å². The van der Waals surface area contributed by atoms with Gasteiger partial charge < -0.3 is 15.5 Å². The number of anilines is 1. The number of allylic oxidation sites excluding steroid dienone is 2. The van der Waals surface area contributed by atoms with Gasteiger partial charge in [0.1, 0.15) is 11.2 Å². The quantitative estimate of drug-likeness (QED) is 0.619. The Morgan fingerprint density at radius 2 is 2.32 bits per heavy atom. The molecule has 2 aliphatic heterocycles. The van der Waals surface area contributed by atoms with Crippen LogP contribution in [0.5, 0.6) is 0 Å². The molecule has 19 heavy (non-hydrogen) atoms. The zero-order valence-electron chi connectivity index (χ0n) is 10.0. The predicted molar refractivity (Wildman–Crippen MR) is 84.5 cm³/mol. The summed E-state index contributed by atoms with van der Waals surface area (Å²) in [7, 11) is 0. The molecule has 5 nitrogen and oxygen atoms in total. The van der Waals surface area contributed by atoms with Crippen molar-refractivity contribution in [1.82, 2.24) is 20.4 Å². The fourth-order valence-electron chi connectivity index (χ4n) is 2.06. The molecule has 2 N–H and O–H groups in total. The Morgan fingerprint density at radius 3 is 3.16 bits per heavy atom. The Kier molecular flexibility index (Phi) is 2.76. The summed E-state index contributed by atoms with van der Waals surface area (Å²) in [4.78, 5) is 2.19. The molecule has 3 heterocycles. The van der Waals surface area contributed by atoms with Crippen molar-refractivity contribution in [3.05, 3.63) is 33.3 Å². The van der Waals surface area contributed by atoms with E-state index in [2.05, 4.69) is 66.7 Å². The Bertz CT molecular complexity index is 601. The van der Waals surface area contributed by atoms with Crippen LogP contribution in [0.25, 0.3) is 5.57 Å². The molecule has 7 heteroatoms. The maximum atomic E-state index is 4.28. The molecule has 0 saturated heterocycles. The molecule has 0 spiro atoms. The van der Waals surface area contributed by atoms with Crippen molar-refractivity contribution < 1.29 is 0 Å². The fourth-order valence-corrected chi connectivity index (χ4v) is 3.53. The third-order valence-corrected chi connectivity index (χ3v) is 5.02. The normalized spacial score (nSPS) is 24.7. The van der Waals surface area contributed by atoms with E-state index >= 15 is 0 Å². The third kappa shape index (κ3) is 2.25. The highest BCUT2D eigenvalue weighted by molar-refractivity contribution is 14.1. The van der Waals surface area contributed by atoms with E-state index in [1.54, 1.807) is 11.3 Å². The lowest BCUT2D eigenvalue weighted by molar-refractivity contribution is 0.424. The van der Waals surface area contributed by atoms with E-state index < -0.39 is 0 Å². The number of nitrogens with one attached hydrogen (secondary N) is 2. The van der Waals surface area contributed by atoms with Gasteiger partial charge in [-0.3, -0.25) is 0 Å². The van der Waals surface area contributed by atoms with Crippen LogP contribution >= 0.6 is 33.9 Å². The van der Waals surface area contributed by atoms with Crippen molar-refractivity contribution >= 4 is 44.6 Å².